The van der Waals surface area contributed by atoms with Crippen molar-refractivity contribution < 1.29 is 4.79 Å². The number of carbonyl (C=O) groups is 1. The molecule has 0 saturated heterocycles. The van der Waals surface area contributed by atoms with Crippen LogP contribution in [-0.4, -0.2) is 25.2 Å². The lowest BCUT2D eigenvalue weighted by Crippen LogP contribution is -2.22. The zero-order chi connectivity index (χ0) is 20.5. The molecule has 0 spiro atoms. The first kappa shape index (κ1) is 25.2. The fourth-order valence-corrected chi connectivity index (χ4v) is 2.27. The van der Waals surface area contributed by atoms with Gasteiger partial charge in [-0.3, -0.25) is 9.79 Å². The summed E-state index contributed by atoms with van der Waals surface area (Å²) >= 11 is 9.78. The second-order valence-electron chi connectivity index (χ2n) is 5.84. The zero-order valence-electron chi connectivity index (χ0n) is 16.7. The predicted octanol–water partition coefficient (Wildman–Crippen LogP) is 5.81. The van der Waals surface area contributed by atoms with E-state index < -0.39 is 0 Å². The maximum Gasteiger partial charge on any atom is 0.257 e. The molecule has 0 bridgehead atoms. The Morgan fingerprint density at radius 3 is 2.63 bits per heavy atom. The van der Waals surface area contributed by atoms with Crippen LogP contribution in [0.15, 0.2) is 64.5 Å². The van der Waals surface area contributed by atoms with Gasteiger partial charge in [0.05, 0.1) is 11.4 Å². The molecule has 0 aromatic heterocycles. The average molecular weight is 407 g/mol. The van der Waals surface area contributed by atoms with Crippen molar-refractivity contribution in [2.24, 2.45) is 10.9 Å². The van der Waals surface area contributed by atoms with Crippen LogP contribution in [0.3, 0.4) is 0 Å². The van der Waals surface area contributed by atoms with Crippen molar-refractivity contribution in [2.45, 2.75) is 34.1 Å². The molecule has 0 fully saturated rings. The summed E-state index contributed by atoms with van der Waals surface area (Å²) in [5, 5.41) is 3.50. The molecule has 0 radical (unpaired) electrons. The number of benzene rings is 1. The van der Waals surface area contributed by atoms with E-state index in [9.17, 15) is 4.79 Å². The van der Waals surface area contributed by atoms with Crippen molar-refractivity contribution in [1.29, 1.82) is 0 Å². The van der Waals surface area contributed by atoms with E-state index in [2.05, 4.69) is 42.9 Å². The normalized spacial score (nSPS) is 13.0. The van der Waals surface area contributed by atoms with E-state index in [1.54, 1.807) is 6.08 Å². The first-order valence-electron chi connectivity index (χ1n) is 9.13. The van der Waals surface area contributed by atoms with Gasteiger partial charge in [0.15, 0.2) is 0 Å². The summed E-state index contributed by atoms with van der Waals surface area (Å²) in [5.74, 6) is 0.163. The van der Waals surface area contributed by atoms with Crippen molar-refractivity contribution in [3.63, 3.8) is 0 Å². The Morgan fingerprint density at radius 1 is 1.33 bits per heavy atom. The molecule has 3 nitrogen and oxygen atoms in total. The van der Waals surface area contributed by atoms with Gasteiger partial charge >= 0.3 is 0 Å². The van der Waals surface area contributed by atoms with E-state index in [-0.39, 0.29) is 5.91 Å². The molecule has 1 rings (SSSR count). The highest BCUT2D eigenvalue weighted by molar-refractivity contribution is 7.85. The molecule has 0 aliphatic carbocycles. The van der Waals surface area contributed by atoms with Crippen LogP contribution in [0.1, 0.15) is 32.8 Å². The first-order valence-corrected chi connectivity index (χ1v) is 9.95. The summed E-state index contributed by atoms with van der Waals surface area (Å²) in [6.07, 6.45) is 12.6. The summed E-state index contributed by atoms with van der Waals surface area (Å²) in [7, 11) is 0. The third-order valence-corrected chi connectivity index (χ3v) is 3.77. The number of rotatable bonds is 8. The van der Waals surface area contributed by atoms with Crippen molar-refractivity contribution in [3.05, 3.63) is 70.1 Å². The maximum absolute atomic E-state index is 11.4. The fourth-order valence-electron chi connectivity index (χ4n) is 1.86. The van der Waals surface area contributed by atoms with Crippen molar-refractivity contribution in [3.8, 4) is 0 Å². The standard InChI is InChI=1S/C15H24N2OS.C7H7Cl/c1-4-11-16-12-7-9-13(3)8-6-10-14(19)15(18)17-5-2;1-6-3-2-4-7(8)5-6/h6-11,13,19H,4-5,12H2,1-3H3,(H,17,18);2-5H,1H3/b8-6+,9-7-,14-10-,16-11?;. The van der Waals surface area contributed by atoms with Gasteiger partial charge in [0, 0.05) is 11.6 Å². The molecule has 1 aromatic carbocycles. The minimum atomic E-state index is -0.146. The van der Waals surface area contributed by atoms with Crippen LogP contribution >= 0.6 is 24.2 Å². The molecule has 1 N–H and O–H groups in total. The number of aryl methyl sites for hydroxylation is 1. The first-order chi connectivity index (χ1) is 12.9. The summed E-state index contributed by atoms with van der Waals surface area (Å²) < 4.78 is 0. The van der Waals surface area contributed by atoms with Crippen molar-refractivity contribution in [1.82, 2.24) is 5.32 Å². The SMILES string of the molecule is CCC=NC/C=C\C(C)/C=C/C=C(\S)C(=O)NCC.Cc1cccc(Cl)c1. The van der Waals surface area contributed by atoms with E-state index in [4.69, 9.17) is 11.6 Å². The van der Waals surface area contributed by atoms with Crippen LogP contribution in [0.25, 0.3) is 0 Å². The Kier molecular flexibility index (Phi) is 15.3. The van der Waals surface area contributed by atoms with Crippen LogP contribution in [0.4, 0.5) is 0 Å². The molecular formula is C22H31ClN2OS. The van der Waals surface area contributed by atoms with Crippen molar-refractivity contribution in [2.75, 3.05) is 13.1 Å². The van der Waals surface area contributed by atoms with Gasteiger partial charge in [-0.05, 0) is 56.2 Å². The lowest BCUT2D eigenvalue weighted by molar-refractivity contribution is -0.116. The third kappa shape index (κ3) is 15.0. The number of aliphatic imine (C=N–C) groups is 1. The number of hydrogen-bond donors (Lipinski definition) is 2. The quantitative estimate of drug-likeness (QED) is 0.184. The van der Waals surface area contributed by atoms with Gasteiger partial charge in [-0.15, -0.1) is 12.6 Å². The maximum atomic E-state index is 11.4. The summed E-state index contributed by atoms with van der Waals surface area (Å²) in [6, 6.07) is 7.76. The summed E-state index contributed by atoms with van der Waals surface area (Å²) in [5.41, 5.74) is 1.21. The molecule has 1 unspecified atom stereocenters. The number of carbonyl (C=O) groups excluding carboxylic acids is 1. The molecule has 5 heteroatoms. The van der Waals surface area contributed by atoms with Crippen LogP contribution in [0.2, 0.25) is 5.02 Å². The second-order valence-corrected chi connectivity index (χ2v) is 6.76. The zero-order valence-corrected chi connectivity index (χ0v) is 18.3. The van der Waals surface area contributed by atoms with E-state index in [0.29, 0.717) is 17.4 Å². The molecule has 0 saturated carbocycles. The Morgan fingerprint density at radius 2 is 2.07 bits per heavy atom. The van der Waals surface area contributed by atoms with E-state index in [0.717, 1.165) is 18.0 Å². The number of hydrogen-bond acceptors (Lipinski definition) is 3. The topological polar surface area (TPSA) is 41.5 Å². The molecule has 1 amide bonds. The summed E-state index contributed by atoms with van der Waals surface area (Å²) in [4.78, 5) is 16.0. The number of likely N-dealkylation sites (N-methyl/N-ethyl adjacent to an activating group) is 1. The second kappa shape index (κ2) is 16.4. The Balaban J connectivity index is 0.000000694. The lowest BCUT2D eigenvalue weighted by Gasteiger charge is -1.99. The number of nitrogens with zero attached hydrogens (tertiary/aromatic N) is 1. The van der Waals surface area contributed by atoms with Crippen LogP contribution in [0, 0.1) is 12.8 Å². The highest BCUT2D eigenvalue weighted by atomic mass is 35.5. The van der Waals surface area contributed by atoms with Crippen LogP contribution in [-0.2, 0) is 4.79 Å². The Labute approximate surface area is 174 Å². The van der Waals surface area contributed by atoms with Crippen LogP contribution in [0.5, 0.6) is 0 Å². The van der Waals surface area contributed by atoms with Gasteiger partial charge < -0.3 is 5.32 Å². The summed E-state index contributed by atoms with van der Waals surface area (Å²) in [6.45, 7) is 9.37. The molecule has 1 atom stereocenters. The average Bonchev–Trinajstić information content (AvgIpc) is 2.62. The molecule has 148 valence electrons. The number of nitrogens with one attached hydrogen (secondary N) is 1. The number of amides is 1. The van der Waals surface area contributed by atoms with E-state index >= 15 is 0 Å². The van der Waals surface area contributed by atoms with Gasteiger partial charge in [-0.2, -0.15) is 0 Å². The minimum Gasteiger partial charge on any atom is -0.352 e. The third-order valence-electron chi connectivity index (χ3n) is 3.18. The Hall–Kier alpha value is -1.78. The van der Waals surface area contributed by atoms with Gasteiger partial charge in [0.25, 0.3) is 5.91 Å². The van der Waals surface area contributed by atoms with Gasteiger partial charge in [-0.1, -0.05) is 61.9 Å². The smallest absolute Gasteiger partial charge is 0.257 e. The lowest BCUT2D eigenvalue weighted by atomic mass is 10.1. The molecule has 27 heavy (non-hydrogen) atoms. The minimum absolute atomic E-state index is 0.146. The van der Waals surface area contributed by atoms with E-state index in [1.807, 2.05) is 62.6 Å². The monoisotopic (exact) mass is 406 g/mol. The number of allylic oxidation sites excluding steroid dienone is 4. The molecular weight excluding hydrogens is 376 g/mol. The fraction of sp³-hybridized carbons (Fsp3) is 0.364. The predicted molar refractivity (Wildman–Crippen MR) is 123 cm³/mol. The molecule has 0 aliphatic heterocycles. The van der Waals surface area contributed by atoms with Gasteiger partial charge in [-0.25, -0.2) is 0 Å². The molecule has 0 aliphatic rings. The van der Waals surface area contributed by atoms with Gasteiger partial charge in [0.1, 0.15) is 0 Å². The molecule has 0 heterocycles. The number of halogens is 1. The van der Waals surface area contributed by atoms with Gasteiger partial charge in [0.2, 0.25) is 0 Å². The molecule has 1 aromatic rings. The largest absolute Gasteiger partial charge is 0.352 e. The van der Waals surface area contributed by atoms with E-state index in [1.165, 1.54) is 5.56 Å². The highest BCUT2D eigenvalue weighted by Gasteiger charge is 2.00. The Bertz CT molecular complexity index is 649. The number of thiol groups is 1. The van der Waals surface area contributed by atoms with Crippen LogP contribution < -0.4 is 5.32 Å². The van der Waals surface area contributed by atoms with Crippen molar-refractivity contribution >= 4 is 36.4 Å². The highest BCUT2D eigenvalue weighted by Crippen LogP contribution is 2.08.